The maximum atomic E-state index is 6.21. The summed E-state index contributed by atoms with van der Waals surface area (Å²) in [6.45, 7) is 0. The Morgan fingerprint density at radius 3 is 3.11 bits per heavy atom. The Hall–Kier alpha value is 0.0300. The minimum atomic E-state index is 0.0862. The number of fused-ring (bicyclic) bond motifs is 2. The van der Waals surface area contributed by atoms with Crippen LogP contribution in [0.2, 0.25) is 0 Å². The van der Waals surface area contributed by atoms with E-state index in [1.165, 1.54) is 25.7 Å². The molecule has 2 aliphatic rings. The highest BCUT2D eigenvalue weighted by Crippen LogP contribution is 2.43. The van der Waals surface area contributed by atoms with Crippen molar-refractivity contribution in [1.82, 2.24) is 0 Å². The first kappa shape index (κ1) is 5.79. The van der Waals surface area contributed by atoms with E-state index in [0.717, 1.165) is 5.92 Å². The zero-order chi connectivity index (χ0) is 6.32. The van der Waals surface area contributed by atoms with Gasteiger partial charge in [0.05, 0.1) is 4.87 Å². The van der Waals surface area contributed by atoms with Gasteiger partial charge in [-0.25, -0.2) is 0 Å². The van der Waals surface area contributed by atoms with Crippen molar-refractivity contribution >= 4 is 11.6 Å². The fraction of sp³-hybridized carbons (Fsp3) is 0.750. The van der Waals surface area contributed by atoms with Gasteiger partial charge in [0, 0.05) is 0 Å². The molecule has 0 saturated heterocycles. The summed E-state index contributed by atoms with van der Waals surface area (Å²) in [7, 11) is 0. The summed E-state index contributed by atoms with van der Waals surface area (Å²) in [5.74, 6) is 0.816. The highest BCUT2D eigenvalue weighted by Gasteiger charge is 2.35. The molecule has 2 unspecified atom stereocenters. The Morgan fingerprint density at radius 1 is 1.56 bits per heavy atom. The Bertz CT molecular complexity index is 151. The average Bonchev–Trinajstić information content (AvgIpc) is 2.07. The molecule has 2 bridgehead atoms. The van der Waals surface area contributed by atoms with Crippen molar-refractivity contribution in [2.24, 2.45) is 5.92 Å². The fourth-order valence-corrected chi connectivity index (χ4v) is 2.33. The molecule has 2 atom stereocenters. The van der Waals surface area contributed by atoms with Gasteiger partial charge in [-0.1, -0.05) is 18.6 Å². The summed E-state index contributed by atoms with van der Waals surface area (Å²) < 4.78 is 0. The van der Waals surface area contributed by atoms with Crippen LogP contribution in [0.25, 0.3) is 0 Å². The molecular weight excluding hydrogens is 132 g/mol. The van der Waals surface area contributed by atoms with Crippen LogP contribution < -0.4 is 0 Å². The molecule has 0 nitrogen and oxygen atoms in total. The van der Waals surface area contributed by atoms with Crippen LogP contribution in [0.5, 0.6) is 0 Å². The van der Waals surface area contributed by atoms with Crippen molar-refractivity contribution in [3.8, 4) is 0 Å². The van der Waals surface area contributed by atoms with Gasteiger partial charge in [-0.05, 0) is 25.2 Å². The van der Waals surface area contributed by atoms with E-state index in [-0.39, 0.29) is 4.87 Å². The van der Waals surface area contributed by atoms with Gasteiger partial charge in [-0.3, -0.25) is 0 Å². The Balaban J connectivity index is 2.22. The van der Waals surface area contributed by atoms with Crippen molar-refractivity contribution in [2.45, 2.75) is 30.6 Å². The normalized spacial score (nSPS) is 47.9. The average molecular weight is 143 g/mol. The second-order valence-corrected chi connectivity index (χ2v) is 4.00. The van der Waals surface area contributed by atoms with Gasteiger partial charge in [-0.2, -0.15) is 0 Å². The van der Waals surface area contributed by atoms with Crippen LogP contribution in [0, 0.1) is 5.92 Å². The lowest BCUT2D eigenvalue weighted by Crippen LogP contribution is -2.20. The summed E-state index contributed by atoms with van der Waals surface area (Å²) >= 11 is 6.21. The molecular formula is C8H11Cl. The monoisotopic (exact) mass is 142 g/mol. The largest absolute Gasteiger partial charge is 0.115 e. The molecule has 0 amide bonds. The van der Waals surface area contributed by atoms with E-state index < -0.39 is 0 Å². The lowest BCUT2D eigenvalue weighted by molar-refractivity contribution is 0.404. The molecule has 0 aromatic rings. The van der Waals surface area contributed by atoms with Gasteiger partial charge in [0.1, 0.15) is 0 Å². The van der Waals surface area contributed by atoms with Crippen LogP contribution in [0.15, 0.2) is 12.2 Å². The molecule has 2 rings (SSSR count). The number of hydrogen-bond donors (Lipinski definition) is 0. The third-order valence-corrected chi connectivity index (χ3v) is 2.91. The summed E-state index contributed by atoms with van der Waals surface area (Å²) in [6.07, 6.45) is 9.58. The second-order valence-electron chi connectivity index (χ2n) is 3.25. The summed E-state index contributed by atoms with van der Waals surface area (Å²) in [5, 5.41) is 0. The smallest absolute Gasteiger partial charge is 0.0631 e. The first-order valence-corrected chi connectivity index (χ1v) is 4.05. The Kier molecular flexibility index (Phi) is 1.13. The van der Waals surface area contributed by atoms with Gasteiger partial charge in [0.2, 0.25) is 0 Å². The van der Waals surface area contributed by atoms with Gasteiger partial charge in [0.15, 0.2) is 0 Å². The van der Waals surface area contributed by atoms with E-state index in [9.17, 15) is 0 Å². The van der Waals surface area contributed by atoms with Crippen molar-refractivity contribution < 1.29 is 0 Å². The molecule has 2 aliphatic carbocycles. The second kappa shape index (κ2) is 1.76. The van der Waals surface area contributed by atoms with Crippen molar-refractivity contribution in [2.75, 3.05) is 0 Å². The molecule has 0 spiro atoms. The molecule has 50 valence electrons. The van der Waals surface area contributed by atoms with Crippen LogP contribution >= 0.6 is 11.6 Å². The van der Waals surface area contributed by atoms with Crippen LogP contribution in [-0.2, 0) is 0 Å². The van der Waals surface area contributed by atoms with Crippen LogP contribution in [-0.4, -0.2) is 4.87 Å². The number of rotatable bonds is 0. The van der Waals surface area contributed by atoms with Crippen LogP contribution in [0.4, 0.5) is 0 Å². The molecule has 0 N–H and O–H groups in total. The van der Waals surface area contributed by atoms with Crippen molar-refractivity contribution in [3.05, 3.63) is 12.2 Å². The summed E-state index contributed by atoms with van der Waals surface area (Å²) in [5.41, 5.74) is 0. The van der Waals surface area contributed by atoms with Gasteiger partial charge < -0.3 is 0 Å². The first-order valence-electron chi connectivity index (χ1n) is 3.67. The van der Waals surface area contributed by atoms with E-state index in [1.807, 2.05) is 0 Å². The molecule has 0 aromatic heterocycles. The minimum absolute atomic E-state index is 0.0862. The van der Waals surface area contributed by atoms with Crippen molar-refractivity contribution in [3.63, 3.8) is 0 Å². The molecule has 0 heterocycles. The highest BCUT2D eigenvalue weighted by molar-refractivity contribution is 6.25. The summed E-state index contributed by atoms with van der Waals surface area (Å²) in [6, 6.07) is 0. The van der Waals surface area contributed by atoms with E-state index in [1.54, 1.807) is 0 Å². The number of hydrogen-bond acceptors (Lipinski definition) is 0. The lowest BCUT2D eigenvalue weighted by Gasteiger charge is -2.25. The quantitative estimate of drug-likeness (QED) is 0.361. The first-order chi connectivity index (χ1) is 4.29. The maximum absolute atomic E-state index is 6.21. The predicted octanol–water partition coefficient (Wildman–Crippen LogP) is 2.72. The highest BCUT2D eigenvalue weighted by atomic mass is 35.5. The minimum Gasteiger partial charge on any atom is -0.115 e. The zero-order valence-electron chi connectivity index (χ0n) is 5.44. The summed E-state index contributed by atoms with van der Waals surface area (Å²) in [4.78, 5) is 0.0862. The third kappa shape index (κ3) is 0.898. The van der Waals surface area contributed by atoms with E-state index >= 15 is 0 Å². The van der Waals surface area contributed by atoms with Gasteiger partial charge >= 0.3 is 0 Å². The van der Waals surface area contributed by atoms with Crippen LogP contribution in [0.3, 0.4) is 0 Å². The molecule has 0 aromatic carbocycles. The molecule has 1 heteroatoms. The molecule has 1 fully saturated rings. The van der Waals surface area contributed by atoms with Crippen molar-refractivity contribution in [1.29, 1.82) is 0 Å². The fourth-order valence-electron chi connectivity index (χ4n) is 1.92. The zero-order valence-corrected chi connectivity index (χ0v) is 6.19. The van der Waals surface area contributed by atoms with E-state index in [4.69, 9.17) is 11.6 Å². The lowest BCUT2D eigenvalue weighted by atomic mass is 9.87. The molecule has 9 heavy (non-hydrogen) atoms. The van der Waals surface area contributed by atoms with Gasteiger partial charge in [0.25, 0.3) is 0 Å². The maximum Gasteiger partial charge on any atom is 0.0631 e. The number of allylic oxidation sites excluding steroid dienone is 2. The Morgan fingerprint density at radius 2 is 2.44 bits per heavy atom. The standard InChI is InChI=1S/C8H11Cl/c9-8-4-1-2-7(6-8)3-5-8/h3,5,7H,1-2,4,6H2. The topological polar surface area (TPSA) is 0 Å². The molecule has 0 aliphatic heterocycles. The van der Waals surface area contributed by atoms with E-state index in [0.29, 0.717) is 0 Å². The Labute approximate surface area is 60.9 Å². The molecule has 1 saturated carbocycles. The molecule has 0 radical (unpaired) electrons. The number of alkyl halides is 1. The van der Waals surface area contributed by atoms with E-state index in [2.05, 4.69) is 12.2 Å². The third-order valence-electron chi connectivity index (χ3n) is 2.44. The predicted molar refractivity (Wildman–Crippen MR) is 39.7 cm³/mol. The SMILES string of the molecule is ClC12C=CC(CCC1)C2. The number of halogens is 1. The van der Waals surface area contributed by atoms with Crippen LogP contribution in [0.1, 0.15) is 25.7 Å². The van der Waals surface area contributed by atoms with Gasteiger partial charge in [-0.15, -0.1) is 11.6 Å².